The Kier molecular flexibility index (Phi) is 19.7. The first kappa shape index (κ1) is 37.1. The lowest BCUT2D eigenvalue weighted by Crippen LogP contribution is -2.41. The summed E-state index contributed by atoms with van der Waals surface area (Å²) in [5.74, 6) is 2.03. The quantitative estimate of drug-likeness (QED) is 0.0597. The normalized spacial score (nSPS) is 12.2. The third-order valence-corrected chi connectivity index (χ3v) is 9.87. The molecule has 0 spiro atoms. The Morgan fingerprint density at radius 2 is 1.02 bits per heavy atom. The first-order valence-electron chi connectivity index (χ1n) is 19.4. The van der Waals surface area contributed by atoms with Crippen molar-refractivity contribution in [1.29, 1.82) is 0 Å². The van der Waals surface area contributed by atoms with E-state index < -0.39 is 0 Å². The Labute approximate surface area is 279 Å². The molecule has 2 nitrogen and oxygen atoms in total. The van der Waals surface area contributed by atoms with Crippen LogP contribution in [0.25, 0.3) is 0 Å². The fourth-order valence-corrected chi connectivity index (χ4v) is 6.99. The van der Waals surface area contributed by atoms with Crippen LogP contribution in [-0.4, -0.2) is 4.57 Å². The Morgan fingerprint density at radius 1 is 0.556 bits per heavy atom. The van der Waals surface area contributed by atoms with Crippen LogP contribution in [0.15, 0.2) is 66.9 Å². The number of imidazole rings is 1. The van der Waals surface area contributed by atoms with Crippen LogP contribution in [0.3, 0.4) is 0 Å². The molecular weight excluding hydrogens is 544 g/mol. The van der Waals surface area contributed by atoms with Crippen molar-refractivity contribution in [3.8, 4) is 0 Å². The number of benzene rings is 2. The van der Waals surface area contributed by atoms with E-state index in [4.69, 9.17) is 0 Å². The van der Waals surface area contributed by atoms with Gasteiger partial charge in [0.1, 0.15) is 11.9 Å². The molecule has 0 N–H and O–H groups in total. The van der Waals surface area contributed by atoms with Crippen LogP contribution in [0.5, 0.6) is 0 Å². The number of hydrogen-bond acceptors (Lipinski definition) is 0. The lowest BCUT2D eigenvalue weighted by Gasteiger charge is -2.12. The lowest BCUT2D eigenvalue weighted by atomic mass is 9.96. The predicted octanol–water partition coefficient (Wildman–Crippen LogP) is 12.6. The molecule has 0 saturated heterocycles. The molecule has 0 bridgehead atoms. The summed E-state index contributed by atoms with van der Waals surface area (Å²) in [6.45, 7) is 9.33. The maximum absolute atomic E-state index is 2.73. The number of nitrogens with zero attached hydrogens (tertiary/aromatic N) is 2. The van der Waals surface area contributed by atoms with Gasteiger partial charge in [-0.1, -0.05) is 184 Å². The Bertz CT molecular complexity index is 1100. The highest BCUT2D eigenvalue weighted by molar-refractivity contribution is 5.21. The summed E-state index contributed by atoms with van der Waals surface area (Å²) < 4.78 is 5.38. The van der Waals surface area contributed by atoms with E-state index in [1.165, 1.54) is 151 Å². The van der Waals surface area contributed by atoms with Crippen molar-refractivity contribution in [2.45, 2.75) is 181 Å². The van der Waals surface area contributed by atoms with Gasteiger partial charge < -0.3 is 0 Å². The third-order valence-electron chi connectivity index (χ3n) is 9.87. The van der Waals surface area contributed by atoms with Crippen LogP contribution in [0.1, 0.15) is 178 Å². The van der Waals surface area contributed by atoms with Gasteiger partial charge in [-0.3, -0.25) is 0 Å². The second-order valence-corrected chi connectivity index (χ2v) is 13.9. The average molecular weight is 614 g/mol. The molecule has 0 radical (unpaired) electrons. The van der Waals surface area contributed by atoms with E-state index in [1.54, 1.807) is 0 Å². The molecule has 1 heterocycles. The molecular formula is C43H69N2+. The van der Waals surface area contributed by atoms with Crippen LogP contribution in [-0.2, 0) is 25.9 Å². The summed E-state index contributed by atoms with van der Waals surface area (Å²) in [6, 6.07) is 22.3. The summed E-state index contributed by atoms with van der Waals surface area (Å²) in [6.07, 6.45) is 32.6. The molecule has 45 heavy (non-hydrogen) atoms. The number of hydrogen-bond donors (Lipinski definition) is 0. The van der Waals surface area contributed by atoms with Crippen LogP contribution in [0.4, 0.5) is 0 Å². The standard InChI is InChI=1S/C43H69N2/c1-4-6-8-10-12-13-14-15-16-17-18-19-20-28-34-44-38-42(36-39(3)41-32-26-23-27-33-41)45(35-29-21-11-9-7-5-2)43(44)37-40-30-24-22-25-31-40/h22-27,30-33,38-39H,4-21,28-29,34-37H2,1-3H3/q+1. The van der Waals surface area contributed by atoms with Crippen LogP contribution in [0.2, 0.25) is 0 Å². The molecule has 3 rings (SSSR count). The van der Waals surface area contributed by atoms with Crippen molar-refractivity contribution in [2.24, 2.45) is 0 Å². The number of rotatable bonds is 27. The Balaban J connectivity index is 1.57. The van der Waals surface area contributed by atoms with Crippen molar-refractivity contribution in [1.82, 2.24) is 4.57 Å². The summed E-state index contributed by atoms with van der Waals surface area (Å²) in [4.78, 5) is 0. The molecule has 0 aliphatic carbocycles. The molecule has 0 aliphatic rings. The first-order chi connectivity index (χ1) is 22.2. The Hall–Kier alpha value is -2.35. The van der Waals surface area contributed by atoms with Crippen molar-refractivity contribution >= 4 is 0 Å². The molecule has 0 amide bonds. The molecule has 0 fully saturated rings. The van der Waals surface area contributed by atoms with Gasteiger partial charge in [-0.2, -0.15) is 0 Å². The number of aromatic nitrogens is 2. The highest BCUT2D eigenvalue weighted by Gasteiger charge is 2.25. The average Bonchev–Trinajstić information content (AvgIpc) is 3.38. The highest BCUT2D eigenvalue weighted by atomic mass is 15.2. The fourth-order valence-electron chi connectivity index (χ4n) is 6.99. The van der Waals surface area contributed by atoms with Crippen LogP contribution < -0.4 is 4.57 Å². The summed E-state index contributed by atoms with van der Waals surface area (Å²) in [5, 5.41) is 0. The van der Waals surface area contributed by atoms with Crippen molar-refractivity contribution in [3.05, 3.63) is 89.5 Å². The molecule has 2 heteroatoms. The SMILES string of the molecule is CCCCCCCCCCCCCCCCn1cc(CC(C)c2ccccc2)[n+](CCCCCCCC)c1Cc1ccccc1. The fraction of sp³-hybridized carbons (Fsp3) is 0.651. The number of aryl methyl sites for hydroxylation is 1. The molecule has 1 aromatic heterocycles. The van der Waals surface area contributed by atoms with Crippen molar-refractivity contribution < 1.29 is 4.57 Å². The minimum atomic E-state index is 0.517. The van der Waals surface area contributed by atoms with Gasteiger partial charge in [0.05, 0.1) is 19.5 Å². The van der Waals surface area contributed by atoms with E-state index in [0.29, 0.717) is 5.92 Å². The van der Waals surface area contributed by atoms with E-state index in [1.807, 2.05) is 0 Å². The maximum atomic E-state index is 2.73. The van der Waals surface area contributed by atoms with E-state index >= 15 is 0 Å². The first-order valence-corrected chi connectivity index (χ1v) is 19.4. The zero-order valence-electron chi connectivity index (χ0n) is 29.8. The molecule has 0 saturated carbocycles. The van der Waals surface area contributed by atoms with Crippen molar-refractivity contribution in [2.75, 3.05) is 0 Å². The topological polar surface area (TPSA) is 8.81 Å². The second-order valence-electron chi connectivity index (χ2n) is 13.9. The van der Waals surface area contributed by atoms with Gasteiger partial charge >= 0.3 is 0 Å². The molecule has 3 aromatic rings. The van der Waals surface area contributed by atoms with Gasteiger partial charge in [0.15, 0.2) is 0 Å². The predicted molar refractivity (Wildman–Crippen MR) is 196 cm³/mol. The highest BCUT2D eigenvalue weighted by Crippen LogP contribution is 2.21. The van der Waals surface area contributed by atoms with E-state index in [-0.39, 0.29) is 0 Å². The largest absolute Gasteiger partial charge is 0.261 e. The summed E-state index contributed by atoms with van der Waals surface area (Å²) in [5.41, 5.74) is 4.40. The molecule has 1 unspecified atom stereocenters. The Morgan fingerprint density at radius 3 is 1.56 bits per heavy atom. The van der Waals surface area contributed by atoms with E-state index in [2.05, 4.69) is 96.8 Å². The summed E-state index contributed by atoms with van der Waals surface area (Å²) in [7, 11) is 0. The molecule has 1 atom stereocenters. The van der Waals surface area contributed by atoms with Gasteiger partial charge in [0, 0.05) is 6.42 Å². The lowest BCUT2D eigenvalue weighted by molar-refractivity contribution is -0.710. The van der Waals surface area contributed by atoms with E-state index in [0.717, 1.165) is 25.9 Å². The maximum Gasteiger partial charge on any atom is 0.261 e. The summed E-state index contributed by atoms with van der Waals surface area (Å²) >= 11 is 0. The minimum absolute atomic E-state index is 0.517. The third kappa shape index (κ3) is 15.2. The van der Waals surface area contributed by atoms with Crippen LogP contribution >= 0.6 is 0 Å². The monoisotopic (exact) mass is 614 g/mol. The molecule has 250 valence electrons. The molecule has 2 aromatic carbocycles. The van der Waals surface area contributed by atoms with Crippen molar-refractivity contribution in [3.63, 3.8) is 0 Å². The smallest absolute Gasteiger partial charge is 0.234 e. The second kappa shape index (κ2) is 23.9. The van der Waals surface area contributed by atoms with E-state index in [9.17, 15) is 0 Å². The zero-order valence-corrected chi connectivity index (χ0v) is 29.8. The van der Waals surface area contributed by atoms with Crippen LogP contribution in [0, 0.1) is 0 Å². The minimum Gasteiger partial charge on any atom is -0.234 e. The van der Waals surface area contributed by atoms with Gasteiger partial charge in [-0.05, 0) is 42.7 Å². The molecule has 0 aliphatic heterocycles. The van der Waals surface area contributed by atoms with Gasteiger partial charge in [0.2, 0.25) is 0 Å². The zero-order chi connectivity index (χ0) is 31.8. The van der Waals surface area contributed by atoms with Gasteiger partial charge in [-0.25, -0.2) is 9.13 Å². The van der Waals surface area contributed by atoms with Gasteiger partial charge in [0.25, 0.3) is 5.82 Å². The van der Waals surface area contributed by atoms with Gasteiger partial charge in [-0.15, -0.1) is 0 Å². The number of unbranched alkanes of at least 4 members (excludes halogenated alkanes) is 18.